The van der Waals surface area contributed by atoms with E-state index in [1.807, 2.05) is 14.0 Å². The average molecular weight is 256 g/mol. The van der Waals surface area contributed by atoms with Gasteiger partial charge in [-0.15, -0.1) is 0 Å². The third-order valence-corrected chi connectivity index (χ3v) is 4.13. The van der Waals surface area contributed by atoms with Gasteiger partial charge < -0.3 is 10.1 Å². The van der Waals surface area contributed by atoms with Gasteiger partial charge in [0.05, 0.1) is 6.61 Å². The van der Waals surface area contributed by atoms with Crippen LogP contribution in [-0.4, -0.2) is 48.7 Å². The van der Waals surface area contributed by atoms with Gasteiger partial charge in [-0.2, -0.15) is 0 Å². The Morgan fingerprint density at radius 2 is 2.17 bits per heavy atom. The standard InChI is InChI=1S/C14H28N2O2/c1-6-16(11(3)4)12-8-9-14(10-12,15-5)13(17)18-7-2/h11-12,15H,6-10H2,1-5H3. The number of carbonyl (C=O) groups is 1. The van der Waals surface area contributed by atoms with Gasteiger partial charge in [0.1, 0.15) is 5.54 Å². The molecule has 0 bridgehead atoms. The van der Waals surface area contributed by atoms with Gasteiger partial charge in [-0.1, -0.05) is 6.92 Å². The third-order valence-electron chi connectivity index (χ3n) is 4.13. The highest BCUT2D eigenvalue weighted by atomic mass is 16.5. The van der Waals surface area contributed by atoms with Gasteiger partial charge in [-0.3, -0.25) is 9.69 Å². The summed E-state index contributed by atoms with van der Waals surface area (Å²) >= 11 is 0. The molecule has 1 aliphatic carbocycles. The van der Waals surface area contributed by atoms with Crippen molar-refractivity contribution in [3.8, 4) is 0 Å². The second kappa shape index (κ2) is 6.53. The van der Waals surface area contributed by atoms with Crippen LogP contribution in [0.3, 0.4) is 0 Å². The largest absolute Gasteiger partial charge is 0.465 e. The van der Waals surface area contributed by atoms with Crippen molar-refractivity contribution in [2.75, 3.05) is 20.2 Å². The lowest BCUT2D eigenvalue weighted by Gasteiger charge is -2.33. The molecule has 18 heavy (non-hydrogen) atoms. The number of rotatable bonds is 6. The van der Waals surface area contributed by atoms with Gasteiger partial charge in [0.2, 0.25) is 0 Å². The lowest BCUT2D eigenvalue weighted by atomic mass is 9.97. The zero-order valence-corrected chi connectivity index (χ0v) is 12.5. The highest BCUT2D eigenvalue weighted by Crippen LogP contribution is 2.34. The van der Waals surface area contributed by atoms with E-state index in [9.17, 15) is 4.79 Å². The monoisotopic (exact) mass is 256 g/mol. The Balaban J connectivity index is 2.74. The second-order valence-electron chi connectivity index (χ2n) is 5.37. The fourth-order valence-electron chi connectivity index (χ4n) is 3.13. The fourth-order valence-corrected chi connectivity index (χ4v) is 3.13. The molecule has 4 nitrogen and oxygen atoms in total. The van der Waals surface area contributed by atoms with E-state index in [2.05, 4.69) is 31.0 Å². The molecule has 0 aliphatic heterocycles. The van der Waals surface area contributed by atoms with Crippen LogP contribution in [-0.2, 0) is 9.53 Å². The molecule has 1 fully saturated rings. The molecule has 1 aliphatic rings. The Hall–Kier alpha value is -0.610. The molecule has 0 radical (unpaired) electrons. The maximum atomic E-state index is 12.1. The van der Waals surface area contributed by atoms with Gasteiger partial charge >= 0.3 is 5.97 Å². The molecule has 0 saturated heterocycles. The Labute approximate surface area is 111 Å². The smallest absolute Gasteiger partial charge is 0.326 e. The van der Waals surface area contributed by atoms with E-state index >= 15 is 0 Å². The van der Waals surface area contributed by atoms with Crippen LogP contribution in [0.15, 0.2) is 0 Å². The number of likely N-dealkylation sites (N-methyl/N-ethyl adjacent to an activating group) is 1. The predicted octanol–water partition coefficient (Wildman–Crippen LogP) is 1.79. The Morgan fingerprint density at radius 3 is 2.61 bits per heavy atom. The van der Waals surface area contributed by atoms with Crippen LogP contribution >= 0.6 is 0 Å². The summed E-state index contributed by atoms with van der Waals surface area (Å²) in [5, 5.41) is 3.21. The van der Waals surface area contributed by atoms with Crippen molar-refractivity contribution >= 4 is 5.97 Å². The van der Waals surface area contributed by atoms with Crippen molar-refractivity contribution in [2.24, 2.45) is 0 Å². The second-order valence-corrected chi connectivity index (χ2v) is 5.37. The maximum Gasteiger partial charge on any atom is 0.326 e. The van der Waals surface area contributed by atoms with Crippen LogP contribution in [0.5, 0.6) is 0 Å². The minimum atomic E-state index is -0.469. The molecule has 1 saturated carbocycles. The SMILES string of the molecule is CCOC(=O)C1(NC)CCC(N(CC)C(C)C)C1. The van der Waals surface area contributed by atoms with Gasteiger partial charge in [-0.25, -0.2) is 0 Å². The number of nitrogens with one attached hydrogen (secondary N) is 1. The molecule has 0 spiro atoms. The highest BCUT2D eigenvalue weighted by molar-refractivity contribution is 5.81. The fraction of sp³-hybridized carbons (Fsp3) is 0.929. The first kappa shape index (κ1) is 15.4. The molecule has 0 aromatic rings. The number of esters is 1. The molecule has 2 atom stereocenters. The minimum Gasteiger partial charge on any atom is -0.465 e. The van der Waals surface area contributed by atoms with Crippen molar-refractivity contribution in [3.63, 3.8) is 0 Å². The lowest BCUT2D eigenvalue weighted by Crippen LogP contribution is -2.51. The Kier molecular flexibility index (Phi) is 5.60. The van der Waals surface area contributed by atoms with Crippen molar-refractivity contribution in [1.82, 2.24) is 10.2 Å². The summed E-state index contributed by atoms with van der Waals surface area (Å²) in [5.74, 6) is -0.0881. The van der Waals surface area contributed by atoms with Crippen LogP contribution in [0.2, 0.25) is 0 Å². The predicted molar refractivity (Wildman–Crippen MR) is 73.6 cm³/mol. The van der Waals surface area contributed by atoms with Gasteiger partial charge in [0.25, 0.3) is 0 Å². The number of hydrogen-bond acceptors (Lipinski definition) is 4. The van der Waals surface area contributed by atoms with E-state index in [0.29, 0.717) is 18.7 Å². The molecule has 106 valence electrons. The van der Waals surface area contributed by atoms with Crippen molar-refractivity contribution < 1.29 is 9.53 Å². The lowest BCUT2D eigenvalue weighted by molar-refractivity contribution is -0.151. The normalized spacial score (nSPS) is 28.1. The number of nitrogens with zero attached hydrogens (tertiary/aromatic N) is 1. The molecule has 0 aromatic carbocycles. The van der Waals surface area contributed by atoms with Crippen molar-refractivity contribution in [3.05, 3.63) is 0 Å². The Bertz CT molecular complexity index is 281. The van der Waals surface area contributed by atoms with Gasteiger partial charge in [-0.05, 0) is 53.6 Å². The number of ether oxygens (including phenoxy) is 1. The van der Waals surface area contributed by atoms with Crippen LogP contribution in [0.1, 0.15) is 47.0 Å². The van der Waals surface area contributed by atoms with E-state index < -0.39 is 5.54 Å². The summed E-state index contributed by atoms with van der Waals surface area (Å²) in [7, 11) is 1.87. The number of carbonyl (C=O) groups excluding carboxylic acids is 1. The molecule has 2 unspecified atom stereocenters. The molecule has 0 heterocycles. The first-order chi connectivity index (χ1) is 8.50. The van der Waals surface area contributed by atoms with Crippen molar-refractivity contribution in [2.45, 2.75) is 64.6 Å². The highest BCUT2D eigenvalue weighted by Gasteiger charge is 2.46. The molecule has 0 amide bonds. The summed E-state index contributed by atoms with van der Waals surface area (Å²) in [6.45, 7) is 9.96. The quantitative estimate of drug-likeness (QED) is 0.736. The molecule has 1 N–H and O–H groups in total. The number of hydrogen-bond donors (Lipinski definition) is 1. The summed E-state index contributed by atoms with van der Waals surface area (Å²) in [6.07, 6.45) is 2.79. The minimum absolute atomic E-state index is 0.0881. The van der Waals surface area contributed by atoms with Crippen LogP contribution < -0.4 is 5.32 Å². The summed E-state index contributed by atoms with van der Waals surface area (Å²) in [5.41, 5.74) is -0.469. The van der Waals surface area contributed by atoms with E-state index in [0.717, 1.165) is 25.8 Å². The van der Waals surface area contributed by atoms with Crippen molar-refractivity contribution in [1.29, 1.82) is 0 Å². The summed E-state index contributed by atoms with van der Waals surface area (Å²) in [6, 6.07) is 1.00. The topological polar surface area (TPSA) is 41.6 Å². The molecular weight excluding hydrogens is 228 g/mol. The van der Waals surface area contributed by atoms with Gasteiger partial charge in [0.15, 0.2) is 0 Å². The summed E-state index contributed by atoms with van der Waals surface area (Å²) in [4.78, 5) is 14.6. The first-order valence-corrected chi connectivity index (χ1v) is 7.12. The Morgan fingerprint density at radius 1 is 1.50 bits per heavy atom. The maximum absolute atomic E-state index is 12.1. The molecular formula is C14H28N2O2. The first-order valence-electron chi connectivity index (χ1n) is 7.12. The van der Waals surface area contributed by atoms with E-state index in [-0.39, 0.29) is 5.97 Å². The van der Waals surface area contributed by atoms with E-state index in [1.54, 1.807) is 0 Å². The van der Waals surface area contributed by atoms with Gasteiger partial charge in [0, 0.05) is 12.1 Å². The van der Waals surface area contributed by atoms with Crippen LogP contribution in [0.25, 0.3) is 0 Å². The molecule has 0 aromatic heterocycles. The zero-order valence-electron chi connectivity index (χ0n) is 12.5. The summed E-state index contributed by atoms with van der Waals surface area (Å²) < 4.78 is 5.22. The van der Waals surface area contributed by atoms with Crippen LogP contribution in [0.4, 0.5) is 0 Å². The average Bonchev–Trinajstić information content (AvgIpc) is 2.75. The zero-order chi connectivity index (χ0) is 13.8. The third kappa shape index (κ3) is 3.04. The molecule has 1 rings (SSSR count). The van der Waals surface area contributed by atoms with E-state index in [4.69, 9.17) is 4.74 Å². The van der Waals surface area contributed by atoms with E-state index in [1.165, 1.54) is 0 Å². The van der Waals surface area contributed by atoms with Crippen LogP contribution in [0, 0.1) is 0 Å². The molecule has 4 heteroatoms.